The molecule has 0 spiro atoms. The second-order valence-corrected chi connectivity index (χ2v) is 8.95. The van der Waals surface area contributed by atoms with Gasteiger partial charge in [-0.3, -0.25) is 14.7 Å². The van der Waals surface area contributed by atoms with Crippen LogP contribution in [0.2, 0.25) is 0 Å². The van der Waals surface area contributed by atoms with Gasteiger partial charge in [0.25, 0.3) is 5.91 Å². The van der Waals surface area contributed by atoms with E-state index in [-0.39, 0.29) is 5.91 Å². The molecule has 144 valence electrons. The second-order valence-electron chi connectivity index (χ2n) is 7.82. The van der Waals surface area contributed by atoms with Gasteiger partial charge >= 0.3 is 0 Å². The Labute approximate surface area is 166 Å². The van der Waals surface area contributed by atoms with Gasteiger partial charge in [0.1, 0.15) is 0 Å². The minimum Gasteiger partial charge on any atom is -0.349 e. The number of carbonyl (C=O) groups excluding carboxylic acids is 1. The minimum atomic E-state index is 0.134. The number of aromatic nitrogens is 1. The number of hydrogen-bond acceptors (Lipinski definition) is 4. The van der Waals surface area contributed by atoms with Crippen molar-refractivity contribution in [3.05, 3.63) is 51.5 Å². The highest BCUT2D eigenvalue weighted by Gasteiger charge is 2.23. The van der Waals surface area contributed by atoms with Crippen molar-refractivity contribution >= 4 is 17.2 Å². The normalized spacial score (nSPS) is 19.1. The van der Waals surface area contributed by atoms with Crippen LogP contribution in [-0.2, 0) is 19.4 Å². The monoisotopic (exact) mass is 383 g/mol. The van der Waals surface area contributed by atoms with E-state index >= 15 is 0 Å². The molecule has 0 atom stereocenters. The number of rotatable bonds is 4. The lowest BCUT2D eigenvalue weighted by molar-refractivity contribution is 0.0912. The van der Waals surface area contributed by atoms with Crippen molar-refractivity contribution in [1.29, 1.82) is 0 Å². The van der Waals surface area contributed by atoms with E-state index in [9.17, 15) is 4.79 Å². The Morgan fingerprint density at radius 1 is 1.15 bits per heavy atom. The molecule has 0 aromatic carbocycles. The molecule has 1 amide bonds. The Morgan fingerprint density at radius 3 is 2.74 bits per heavy atom. The van der Waals surface area contributed by atoms with Gasteiger partial charge in [0.2, 0.25) is 0 Å². The number of nitrogens with zero attached hydrogens (tertiary/aromatic N) is 2. The molecule has 1 N–H and O–H groups in total. The zero-order valence-corrected chi connectivity index (χ0v) is 16.8. The van der Waals surface area contributed by atoms with Gasteiger partial charge in [-0.25, -0.2) is 0 Å². The van der Waals surface area contributed by atoms with Crippen LogP contribution in [-0.4, -0.2) is 34.9 Å². The second kappa shape index (κ2) is 8.98. The Hall–Kier alpha value is -1.72. The zero-order valence-electron chi connectivity index (χ0n) is 16.0. The third kappa shape index (κ3) is 4.96. The minimum absolute atomic E-state index is 0.134. The van der Waals surface area contributed by atoms with Crippen LogP contribution in [0.25, 0.3) is 0 Å². The van der Waals surface area contributed by atoms with E-state index in [1.165, 1.54) is 36.1 Å². The maximum Gasteiger partial charge on any atom is 0.261 e. The van der Waals surface area contributed by atoms with Crippen LogP contribution in [0, 0.1) is 0 Å². The standard InChI is InChI=1S/C22H29N3OS/c26-22(21-15-17-7-3-1-2-4-9-20(17)27-21)24-18-10-13-25(14-11-18)16-19-8-5-6-12-23-19/h5-6,8,12,15,18H,1-4,7,9-11,13-14,16H2,(H,24,26). The summed E-state index contributed by atoms with van der Waals surface area (Å²) in [6.45, 7) is 2.93. The maximum atomic E-state index is 12.8. The molecule has 1 aliphatic carbocycles. The van der Waals surface area contributed by atoms with E-state index in [1.54, 1.807) is 11.3 Å². The van der Waals surface area contributed by atoms with Crippen molar-refractivity contribution in [3.63, 3.8) is 0 Å². The van der Waals surface area contributed by atoms with E-state index in [1.807, 2.05) is 18.3 Å². The first-order chi connectivity index (χ1) is 13.3. The molecule has 0 radical (unpaired) electrons. The number of likely N-dealkylation sites (tertiary alicyclic amines) is 1. The third-order valence-corrected chi connectivity index (χ3v) is 6.99. The highest BCUT2D eigenvalue weighted by Crippen LogP contribution is 2.28. The lowest BCUT2D eigenvalue weighted by atomic mass is 9.99. The van der Waals surface area contributed by atoms with Gasteiger partial charge in [-0.05, 0) is 62.3 Å². The quantitative estimate of drug-likeness (QED) is 0.861. The van der Waals surface area contributed by atoms with Crippen LogP contribution in [0.5, 0.6) is 0 Å². The van der Waals surface area contributed by atoms with E-state index < -0.39 is 0 Å². The molecule has 2 aromatic heterocycles. The molecule has 0 saturated carbocycles. The number of nitrogens with one attached hydrogen (secondary N) is 1. The number of thiophene rings is 1. The van der Waals surface area contributed by atoms with Crippen molar-refractivity contribution in [1.82, 2.24) is 15.2 Å². The fourth-order valence-corrected chi connectivity index (χ4v) is 5.33. The molecule has 0 unspecified atom stereocenters. The van der Waals surface area contributed by atoms with E-state index in [0.717, 1.165) is 55.9 Å². The number of carbonyl (C=O) groups is 1. The average molecular weight is 384 g/mol. The van der Waals surface area contributed by atoms with Gasteiger partial charge in [-0.1, -0.05) is 18.9 Å². The van der Waals surface area contributed by atoms with Crippen LogP contribution in [0.15, 0.2) is 30.5 Å². The summed E-state index contributed by atoms with van der Waals surface area (Å²) in [7, 11) is 0. The largest absolute Gasteiger partial charge is 0.349 e. The van der Waals surface area contributed by atoms with Gasteiger partial charge in [0.05, 0.1) is 10.6 Å². The summed E-state index contributed by atoms with van der Waals surface area (Å²) in [6, 6.07) is 8.53. The number of amides is 1. The van der Waals surface area contributed by atoms with E-state index in [2.05, 4.69) is 27.3 Å². The summed E-state index contributed by atoms with van der Waals surface area (Å²) in [5.41, 5.74) is 2.55. The predicted molar refractivity (Wildman–Crippen MR) is 110 cm³/mol. The summed E-state index contributed by atoms with van der Waals surface area (Å²) in [6.07, 6.45) is 11.4. The number of pyridine rings is 1. The van der Waals surface area contributed by atoms with E-state index in [4.69, 9.17) is 0 Å². The smallest absolute Gasteiger partial charge is 0.261 e. The zero-order chi connectivity index (χ0) is 18.5. The number of piperidine rings is 1. The van der Waals surface area contributed by atoms with Gasteiger partial charge in [0.15, 0.2) is 0 Å². The topological polar surface area (TPSA) is 45.2 Å². The highest BCUT2D eigenvalue weighted by molar-refractivity contribution is 7.14. The van der Waals surface area contributed by atoms with Crippen molar-refractivity contribution in [3.8, 4) is 0 Å². The van der Waals surface area contributed by atoms with E-state index in [0.29, 0.717) is 6.04 Å². The van der Waals surface area contributed by atoms with Crippen molar-refractivity contribution in [2.75, 3.05) is 13.1 Å². The summed E-state index contributed by atoms with van der Waals surface area (Å²) in [5, 5.41) is 3.29. The molecule has 0 bridgehead atoms. The average Bonchev–Trinajstić information content (AvgIpc) is 3.06. The van der Waals surface area contributed by atoms with Crippen LogP contribution in [0.3, 0.4) is 0 Å². The molecule has 2 aromatic rings. The highest BCUT2D eigenvalue weighted by atomic mass is 32.1. The third-order valence-electron chi connectivity index (χ3n) is 5.75. The molecule has 1 fully saturated rings. The molecular formula is C22H29N3OS. The van der Waals surface area contributed by atoms with Crippen molar-refractivity contribution < 1.29 is 4.79 Å². The number of fused-ring (bicyclic) bond motifs is 1. The fourth-order valence-electron chi connectivity index (χ4n) is 4.17. The van der Waals surface area contributed by atoms with Crippen molar-refractivity contribution in [2.24, 2.45) is 0 Å². The first-order valence-electron chi connectivity index (χ1n) is 10.3. The molecule has 5 heteroatoms. The number of aryl methyl sites for hydroxylation is 2. The molecule has 1 saturated heterocycles. The summed E-state index contributed by atoms with van der Waals surface area (Å²) >= 11 is 1.73. The predicted octanol–water partition coefficient (Wildman–Crippen LogP) is 4.20. The molecule has 2 aliphatic rings. The van der Waals surface area contributed by atoms with Crippen molar-refractivity contribution in [2.45, 2.75) is 64.0 Å². The van der Waals surface area contributed by atoms with Crippen LogP contribution in [0.4, 0.5) is 0 Å². The van der Waals surface area contributed by atoms with Crippen LogP contribution >= 0.6 is 11.3 Å². The Bertz CT molecular complexity index is 725. The first kappa shape index (κ1) is 18.6. The molecule has 3 heterocycles. The van der Waals surface area contributed by atoms with Gasteiger partial charge in [-0.15, -0.1) is 11.3 Å². The number of hydrogen-bond donors (Lipinski definition) is 1. The Balaban J connectivity index is 1.29. The van der Waals surface area contributed by atoms with Gasteiger partial charge < -0.3 is 5.32 Å². The summed E-state index contributed by atoms with van der Waals surface area (Å²) in [5.74, 6) is 0.134. The molecular weight excluding hydrogens is 354 g/mol. The fraction of sp³-hybridized carbons (Fsp3) is 0.545. The van der Waals surface area contributed by atoms with Gasteiger partial charge in [0, 0.05) is 36.8 Å². The maximum absolute atomic E-state index is 12.8. The molecule has 4 nitrogen and oxygen atoms in total. The molecule has 1 aliphatic heterocycles. The van der Waals surface area contributed by atoms with Gasteiger partial charge in [-0.2, -0.15) is 0 Å². The Kier molecular flexibility index (Phi) is 6.20. The SMILES string of the molecule is O=C(NC1CCN(Cc2ccccn2)CC1)c1cc2c(s1)CCCCCC2. The van der Waals surface area contributed by atoms with Crippen LogP contribution < -0.4 is 5.32 Å². The lowest BCUT2D eigenvalue weighted by Gasteiger charge is -2.32. The summed E-state index contributed by atoms with van der Waals surface area (Å²) in [4.78, 5) is 22.0. The van der Waals surface area contributed by atoms with Crippen LogP contribution in [0.1, 0.15) is 64.3 Å². The molecule has 4 rings (SSSR count). The Morgan fingerprint density at radius 2 is 1.96 bits per heavy atom. The first-order valence-corrected chi connectivity index (χ1v) is 11.1. The molecule has 27 heavy (non-hydrogen) atoms. The lowest BCUT2D eigenvalue weighted by Crippen LogP contribution is -2.44. The summed E-state index contributed by atoms with van der Waals surface area (Å²) < 4.78 is 0.